The lowest BCUT2D eigenvalue weighted by Crippen LogP contribution is -2.41. The van der Waals surface area contributed by atoms with Gasteiger partial charge in [-0.25, -0.2) is 0 Å². The van der Waals surface area contributed by atoms with Crippen molar-refractivity contribution >= 4 is 33.4 Å². The molecule has 0 aliphatic carbocycles. The van der Waals surface area contributed by atoms with Gasteiger partial charge in [-0.05, 0) is 50.6 Å². The molecule has 3 nitrogen and oxygen atoms in total. The molecule has 2 heterocycles. The van der Waals surface area contributed by atoms with Crippen molar-refractivity contribution in [3.05, 3.63) is 33.3 Å². The van der Waals surface area contributed by atoms with E-state index in [4.69, 9.17) is 11.6 Å². The Kier molecular flexibility index (Phi) is 4.87. The van der Waals surface area contributed by atoms with Gasteiger partial charge in [-0.1, -0.05) is 34.0 Å². The predicted octanol–water partition coefficient (Wildman–Crippen LogP) is 3.80. The number of piperidine rings is 1. The fourth-order valence-electron chi connectivity index (χ4n) is 3.34. The Morgan fingerprint density at radius 2 is 1.95 bits per heavy atom. The summed E-state index contributed by atoms with van der Waals surface area (Å²) < 4.78 is 0.891. The van der Waals surface area contributed by atoms with E-state index in [-0.39, 0.29) is 5.91 Å². The summed E-state index contributed by atoms with van der Waals surface area (Å²) in [5.74, 6) is 0.0563. The lowest BCUT2D eigenvalue weighted by molar-refractivity contribution is 0.0771. The maximum absolute atomic E-state index is 12.7. The number of rotatable bonds is 2. The van der Waals surface area contributed by atoms with E-state index >= 15 is 0 Å². The SMILES string of the molecule is O=C(c1cc(Br)ccc1Cl)N1CCC(N2CCCCC2)C1. The summed E-state index contributed by atoms with van der Waals surface area (Å²) in [5, 5.41) is 0.532. The highest BCUT2D eigenvalue weighted by Crippen LogP contribution is 2.26. The van der Waals surface area contributed by atoms with Crippen LogP contribution < -0.4 is 0 Å². The molecule has 3 rings (SSSR count). The van der Waals surface area contributed by atoms with Crippen LogP contribution in [0.5, 0.6) is 0 Å². The van der Waals surface area contributed by atoms with Crippen LogP contribution >= 0.6 is 27.5 Å². The number of likely N-dealkylation sites (tertiary alicyclic amines) is 2. The Bertz CT molecular complexity index is 531. The van der Waals surface area contributed by atoms with Crippen molar-refractivity contribution in [2.75, 3.05) is 26.2 Å². The van der Waals surface area contributed by atoms with Crippen LogP contribution in [0, 0.1) is 0 Å². The van der Waals surface area contributed by atoms with Crippen molar-refractivity contribution in [1.29, 1.82) is 0 Å². The molecule has 0 spiro atoms. The van der Waals surface area contributed by atoms with Crippen molar-refractivity contribution in [2.24, 2.45) is 0 Å². The fraction of sp³-hybridized carbons (Fsp3) is 0.562. The molecule has 2 saturated heterocycles. The summed E-state index contributed by atoms with van der Waals surface area (Å²) in [7, 11) is 0. The van der Waals surface area contributed by atoms with Crippen LogP contribution in [0.2, 0.25) is 5.02 Å². The average Bonchev–Trinajstić information content (AvgIpc) is 3.00. The fourth-order valence-corrected chi connectivity index (χ4v) is 3.90. The Morgan fingerprint density at radius 3 is 2.71 bits per heavy atom. The molecule has 0 saturated carbocycles. The summed E-state index contributed by atoms with van der Waals surface area (Å²) in [5.41, 5.74) is 0.602. The van der Waals surface area contributed by atoms with E-state index in [0.29, 0.717) is 16.6 Å². The number of carbonyl (C=O) groups is 1. The van der Waals surface area contributed by atoms with E-state index in [9.17, 15) is 4.79 Å². The summed E-state index contributed by atoms with van der Waals surface area (Å²) in [6.45, 7) is 4.04. The largest absolute Gasteiger partial charge is 0.337 e. The third kappa shape index (κ3) is 3.43. The van der Waals surface area contributed by atoms with E-state index in [0.717, 1.165) is 24.0 Å². The van der Waals surface area contributed by atoms with E-state index < -0.39 is 0 Å². The maximum atomic E-state index is 12.7. The lowest BCUT2D eigenvalue weighted by atomic mass is 10.1. The van der Waals surface area contributed by atoms with E-state index in [1.54, 1.807) is 6.07 Å². The molecule has 1 amide bonds. The molecule has 114 valence electrons. The molecule has 0 N–H and O–H groups in total. The molecule has 5 heteroatoms. The van der Waals surface area contributed by atoms with E-state index in [2.05, 4.69) is 20.8 Å². The smallest absolute Gasteiger partial charge is 0.255 e. The Morgan fingerprint density at radius 1 is 1.19 bits per heavy atom. The minimum atomic E-state index is 0.0563. The van der Waals surface area contributed by atoms with Crippen molar-refractivity contribution in [3.8, 4) is 0 Å². The molecule has 1 aromatic carbocycles. The first kappa shape index (κ1) is 15.3. The number of amides is 1. The first-order valence-electron chi connectivity index (χ1n) is 7.63. The number of carbonyl (C=O) groups excluding carboxylic acids is 1. The quantitative estimate of drug-likeness (QED) is 0.789. The number of halogens is 2. The molecule has 1 atom stereocenters. The van der Waals surface area contributed by atoms with Gasteiger partial charge in [0, 0.05) is 23.6 Å². The molecule has 2 fully saturated rings. The Labute approximate surface area is 139 Å². The van der Waals surface area contributed by atoms with Gasteiger partial charge in [0.15, 0.2) is 0 Å². The van der Waals surface area contributed by atoms with Crippen molar-refractivity contribution in [2.45, 2.75) is 31.7 Å². The first-order valence-corrected chi connectivity index (χ1v) is 8.80. The second-order valence-electron chi connectivity index (χ2n) is 5.91. The average molecular weight is 372 g/mol. The second kappa shape index (κ2) is 6.67. The molecular weight excluding hydrogens is 352 g/mol. The first-order chi connectivity index (χ1) is 10.1. The third-order valence-electron chi connectivity index (χ3n) is 4.52. The molecular formula is C16H20BrClN2O. The van der Waals surface area contributed by atoms with Crippen LogP contribution in [0.15, 0.2) is 22.7 Å². The van der Waals surface area contributed by atoms with Gasteiger partial charge in [0.25, 0.3) is 5.91 Å². The zero-order chi connectivity index (χ0) is 14.8. The van der Waals surface area contributed by atoms with E-state index in [1.165, 1.54) is 32.4 Å². The molecule has 0 bridgehead atoms. The molecule has 21 heavy (non-hydrogen) atoms. The Hall–Kier alpha value is -0.580. The summed E-state index contributed by atoms with van der Waals surface area (Å²) in [4.78, 5) is 17.2. The summed E-state index contributed by atoms with van der Waals surface area (Å²) >= 11 is 9.59. The molecule has 1 aromatic rings. The van der Waals surface area contributed by atoms with Gasteiger partial charge in [-0.3, -0.25) is 9.69 Å². The standard InChI is InChI=1S/C16H20BrClN2O/c17-12-4-5-15(18)14(10-12)16(21)20-9-6-13(11-20)19-7-2-1-3-8-19/h4-5,10,13H,1-3,6-9,11H2. The second-order valence-corrected chi connectivity index (χ2v) is 7.24. The Balaban J connectivity index is 1.67. The minimum absolute atomic E-state index is 0.0563. The molecule has 0 aromatic heterocycles. The topological polar surface area (TPSA) is 23.6 Å². The van der Waals surface area contributed by atoms with Gasteiger partial charge < -0.3 is 4.90 Å². The summed E-state index contributed by atoms with van der Waals surface area (Å²) in [6, 6.07) is 5.98. The van der Waals surface area contributed by atoms with Gasteiger partial charge in [-0.15, -0.1) is 0 Å². The monoisotopic (exact) mass is 370 g/mol. The maximum Gasteiger partial charge on any atom is 0.255 e. The minimum Gasteiger partial charge on any atom is -0.337 e. The summed E-state index contributed by atoms with van der Waals surface area (Å²) in [6.07, 6.45) is 5.01. The van der Waals surface area contributed by atoms with Gasteiger partial charge >= 0.3 is 0 Å². The van der Waals surface area contributed by atoms with E-state index in [1.807, 2.05) is 17.0 Å². The molecule has 1 unspecified atom stereocenters. The van der Waals surface area contributed by atoms with Gasteiger partial charge in [0.2, 0.25) is 0 Å². The van der Waals surface area contributed by atoms with Crippen LogP contribution in [-0.2, 0) is 0 Å². The van der Waals surface area contributed by atoms with Gasteiger partial charge in [0.05, 0.1) is 10.6 Å². The van der Waals surface area contributed by atoms with Gasteiger partial charge in [0.1, 0.15) is 0 Å². The van der Waals surface area contributed by atoms with Crippen LogP contribution in [0.1, 0.15) is 36.0 Å². The number of nitrogens with zero attached hydrogens (tertiary/aromatic N) is 2. The van der Waals surface area contributed by atoms with Crippen LogP contribution in [0.4, 0.5) is 0 Å². The van der Waals surface area contributed by atoms with Crippen LogP contribution in [0.25, 0.3) is 0 Å². The zero-order valence-electron chi connectivity index (χ0n) is 12.0. The molecule has 2 aliphatic rings. The lowest BCUT2D eigenvalue weighted by Gasteiger charge is -2.32. The third-order valence-corrected chi connectivity index (χ3v) is 5.34. The normalized spacial score (nSPS) is 23.5. The van der Waals surface area contributed by atoms with Crippen molar-refractivity contribution in [1.82, 2.24) is 9.80 Å². The van der Waals surface area contributed by atoms with Crippen LogP contribution in [0.3, 0.4) is 0 Å². The highest BCUT2D eigenvalue weighted by molar-refractivity contribution is 9.10. The molecule has 2 aliphatic heterocycles. The highest BCUT2D eigenvalue weighted by Gasteiger charge is 2.31. The number of hydrogen-bond donors (Lipinski definition) is 0. The predicted molar refractivity (Wildman–Crippen MR) is 88.9 cm³/mol. The zero-order valence-corrected chi connectivity index (χ0v) is 14.4. The van der Waals surface area contributed by atoms with Crippen LogP contribution in [-0.4, -0.2) is 47.9 Å². The number of hydrogen-bond acceptors (Lipinski definition) is 2. The van der Waals surface area contributed by atoms with Gasteiger partial charge in [-0.2, -0.15) is 0 Å². The molecule has 0 radical (unpaired) electrons. The highest BCUT2D eigenvalue weighted by atomic mass is 79.9. The van der Waals surface area contributed by atoms with Crippen molar-refractivity contribution < 1.29 is 4.79 Å². The van der Waals surface area contributed by atoms with Crippen molar-refractivity contribution in [3.63, 3.8) is 0 Å². The number of benzene rings is 1.